The van der Waals surface area contributed by atoms with Crippen molar-refractivity contribution in [2.24, 2.45) is 5.73 Å². The van der Waals surface area contributed by atoms with Crippen LogP contribution in [0.4, 0.5) is 0 Å². The lowest BCUT2D eigenvalue weighted by molar-refractivity contribution is 0.579. The van der Waals surface area contributed by atoms with E-state index in [9.17, 15) is 8.42 Å². The van der Waals surface area contributed by atoms with Crippen LogP contribution in [0.3, 0.4) is 0 Å². The summed E-state index contributed by atoms with van der Waals surface area (Å²) in [6.07, 6.45) is 0. The highest BCUT2D eigenvalue weighted by Gasteiger charge is 2.16. The first-order valence-electron chi connectivity index (χ1n) is 5.23. The number of hydrogen-bond donors (Lipinski definition) is 3. The molecule has 1 aromatic heterocycles. The normalized spacial score (nSPS) is 11.7. The standard InChI is InChI=1S/C9H11ClN6O2S/c10-8-3-7(2-1-6(8)4-11)19(17,18)12-5-9-13-15-16-14-9/h1-3,12H,4-5,11H2,(H,13,14,15,16). The summed E-state index contributed by atoms with van der Waals surface area (Å²) in [5.41, 5.74) is 6.14. The number of rotatable bonds is 5. The molecule has 0 aliphatic carbocycles. The van der Waals surface area contributed by atoms with Gasteiger partial charge in [-0.2, -0.15) is 5.21 Å². The zero-order chi connectivity index (χ0) is 13.9. The summed E-state index contributed by atoms with van der Waals surface area (Å²) < 4.78 is 26.3. The summed E-state index contributed by atoms with van der Waals surface area (Å²) in [6, 6.07) is 4.36. The van der Waals surface area contributed by atoms with E-state index in [1.54, 1.807) is 6.07 Å². The number of aromatic amines is 1. The third-order valence-electron chi connectivity index (χ3n) is 2.36. The first-order valence-corrected chi connectivity index (χ1v) is 7.09. The minimum absolute atomic E-state index is 0.0539. The number of nitrogens with one attached hydrogen (secondary N) is 2. The van der Waals surface area contributed by atoms with Crippen LogP contribution in [0.5, 0.6) is 0 Å². The highest BCUT2D eigenvalue weighted by molar-refractivity contribution is 7.89. The third-order valence-corrected chi connectivity index (χ3v) is 4.12. The number of nitrogens with zero attached hydrogens (tertiary/aromatic N) is 3. The van der Waals surface area contributed by atoms with Gasteiger partial charge in [0.15, 0.2) is 5.82 Å². The Balaban J connectivity index is 2.17. The van der Waals surface area contributed by atoms with E-state index in [4.69, 9.17) is 17.3 Å². The van der Waals surface area contributed by atoms with Crippen molar-refractivity contribution in [1.82, 2.24) is 25.3 Å². The minimum atomic E-state index is -3.68. The van der Waals surface area contributed by atoms with Gasteiger partial charge in [0.05, 0.1) is 11.4 Å². The van der Waals surface area contributed by atoms with E-state index in [0.29, 0.717) is 10.6 Å². The van der Waals surface area contributed by atoms with Crippen LogP contribution in [0.2, 0.25) is 5.02 Å². The number of nitrogens with two attached hydrogens (primary N) is 1. The van der Waals surface area contributed by atoms with E-state index in [2.05, 4.69) is 25.3 Å². The van der Waals surface area contributed by atoms with Crippen LogP contribution in [-0.4, -0.2) is 29.0 Å². The molecule has 102 valence electrons. The molecule has 0 bridgehead atoms. The average molecular weight is 303 g/mol. The number of H-pyrrole nitrogens is 1. The summed E-state index contributed by atoms with van der Waals surface area (Å²) >= 11 is 5.92. The maximum absolute atomic E-state index is 12.0. The van der Waals surface area contributed by atoms with Crippen LogP contribution in [0, 0.1) is 0 Å². The lowest BCUT2D eigenvalue weighted by atomic mass is 10.2. The van der Waals surface area contributed by atoms with E-state index >= 15 is 0 Å². The van der Waals surface area contributed by atoms with Gasteiger partial charge >= 0.3 is 0 Å². The molecule has 0 radical (unpaired) electrons. The maximum Gasteiger partial charge on any atom is 0.241 e. The van der Waals surface area contributed by atoms with Gasteiger partial charge in [0.1, 0.15) is 0 Å². The van der Waals surface area contributed by atoms with Gasteiger partial charge in [-0.1, -0.05) is 22.9 Å². The van der Waals surface area contributed by atoms with Crippen LogP contribution in [0.25, 0.3) is 0 Å². The molecule has 2 rings (SSSR count). The number of aromatic nitrogens is 4. The molecule has 0 unspecified atom stereocenters. The topological polar surface area (TPSA) is 127 Å². The summed E-state index contributed by atoms with van der Waals surface area (Å²) in [6.45, 7) is 0.185. The lowest BCUT2D eigenvalue weighted by Crippen LogP contribution is -2.24. The van der Waals surface area contributed by atoms with Gasteiger partial charge in [0.2, 0.25) is 10.0 Å². The Bertz CT molecular complexity index is 657. The molecule has 0 amide bonds. The second kappa shape index (κ2) is 5.61. The molecule has 0 saturated heterocycles. The molecule has 0 fully saturated rings. The molecule has 4 N–H and O–H groups in total. The lowest BCUT2D eigenvalue weighted by Gasteiger charge is -2.07. The molecule has 0 saturated carbocycles. The van der Waals surface area contributed by atoms with Crippen molar-refractivity contribution in [3.63, 3.8) is 0 Å². The summed E-state index contributed by atoms with van der Waals surface area (Å²) in [5.74, 6) is 0.244. The SMILES string of the molecule is NCc1ccc(S(=O)(=O)NCc2nn[nH]n2)cc1Cl. The third kappa shape index (κ3) is 3.26. The van der Waals surface area contributed by atoms with E-state index < -0.39 is 10.0 Å². The van der Waals surface area contributed by atoms with Crippen LogP contribution in [0.15, 0.2) is 23.1 Å². The Morgan fingerprint density at radius 1 is 1.42 bits per heavy atom. The van der Waals surface area contributed by atoms with Gasteiger partial charge in [-0.25, -0.2) is 13.1 Å². The highest BCUT2D eigenvalue weighted by Crippen LogP contribution is 2.20. The van der Waals surface area contributed by atoms with E-state index in [-0.39, 0.29) is 23.8 Å². The predicted molar refractivity (Wildman–Crippen MR) is 67.5 cm³/mol. The van der Waals surface area contributed by atoms with E-state index in [1.807, 2.05) is 0 Å². The number of halogens is 1. The highest BCUT2D eigenvalue weighted by atomic mass is 35.5. The van der Waals surface area contributed by atoms with Gasteiger partial charge in [-0.05, 0) is 17.7 Å². The van der Waals surface area contributed by atoms with Crippen molar-refractivity contribution in [1.29, 1.82) is 0 Å². The van der Waals surface area contributed by atoms with Gasteiger partial charge in [0.25, 0.3) is 0 Å². The Kier molecular flexibility index (Phi) is 4.10. The smallest absolute Gasteiger partial charge is 0.241 e. The van der Waals surface area contributed by atoms with Gasteiger partial charge in [-0.15, -0.1) is 10.2 Å². The average Bonchev–Trinajstić information content (AvgIpc) is 2.89. The van der Waals surface area contributed by atoms with Crippen LogP contribution < -0.4 is 10.5 Å². The summed E-state index contributed by atoms with van der Waals surface area (Å²) in [5, 5.41) is 13.1. The van der Waals surface area contributed by atoms with Crippen molar-refractivity contribution < 1.29 is 8.42 Å². The monoisotopic (exact) mass is 302 g/mol. The number of hydrogen-bond acceptors (Lipinski definition) is 6. The fraction of sp³-hybridized carbons (Fsp3) is 0.222. The maximum atomic E-state index is 12.0. The van der Waals surface area contributed by atoms with Crippen molar-refractivity contribution in [2.45, 2.75) is 18.0 Å². The van der Waals surface area contributed by atoms with Crippen molar-refractivity contribution in [3.8, 4) is 0 Å². The number of sulfonamides is 1. The van der Waals surface area contributed by atoms with Gasteiger partial charge in [0, 0.05) is 11.6 Å². The first kappa shape index (κ1) is 13.9. The molecule has 1 heterocycles. The molecule has 2 aromatic rings. The Hall–Kier alpha value is -1.55. The quantitative estimate of drug-likeness (QED) is 0.701. The molecule has 0 spiro atoms. The fourth-order valence-electron chi connectivity index (χ4n) is 1.36. The largest absolute Gasteiger partial charge is 0.326 e. The Morgan fingerprint density at radius 3 is 2.79 bits per heavy atom. The predicted octanol–water partition coefficient (Wildman–Crippen LogP) is -0.210. The molecule has 0 aliphatic heterocycles. The van der Waals surface area contributed by atoms with Crippen molar-refractivity contribution >= 4 is 21.6 Å². The van der Waals surface area contributed by atoms with Gasteiger partial charge < -0.3 is 5.73 Å². The van der Waals surface area contributed by atoms with Crippen molar-refractivity contribution in [3.05, 3.63) is 34.6 Å². The van der Waals surface area contributed by atoms with Crippen LogP contribution in [0.1, 0.15) is 11.4 Å². The Morgan fingerprint density at radius 2 is 2.21 bits per heavy atom. The molecule has 19 heavy (non-hydrogen) atoms. The molecular weight excluding hydrogens is 292 g/mol. The minimum Gasteiger partial charge on any atom is -0.326 e. The van der Waals surface area contributed by atoms with Crippen LogP contribution in [-0.2, 0) is 23.1 Å². The first-order chi connectivity index (χ1) is 9.03. The second-order valence-corrected chi connectivity index (χ2v) is 5.78. The summed E-state index contributed by atoms with van der Waals surface area (Å²) in [7, 11) is -3.68. The van der Waals surface area contributed by atoms with Crippen LogP contribution >= 0.6 is 11.6 Å². The summed E-state index contributed by atoms with van der Waals surface area (Å²) in [4.78, 5) is 0.0539. The fourth-order valence-corrected chi connectivity index (χ4v) is 2.69. The molecule has 0 aliphatic rings. The molecule has 10 heteroatoms. The molecule has 1 aromatic carbocycles. The zero-order valence-electron chi connectivity index (χ0n) is 9.67. The number of benzene rings is 1. The molecular formula is C9H11ClN6O2S. The number of tetrazole rings is 1. The van der Waals surface area contributed by atoms with Gasteiger partial charge in [-0.3, -0.25) is 0 Å². The molecule has 0 atom stereocenters. The van der Waals surface area contributed by atoms with E-state index in [0.717, 1.165) is 0 Å². The van der Waals surface area contributed by atoms with Crippen molar-refractivity contribution in [2.75, 3.05) is 0 Å². The van der Waals surface area contributed by atoms with E-state index in [1.165, 1.54) is 12.1 Å². The second-order valence-electron chi connectivity index (χ2n) is 3.61. The molecule has 8 nitrogen and oxygen atoms in total. The Labute approximate surface area is 114 Å². The zero-order valence-corrected chi connectivity index (χ0v) is 11.2.